The van der Waals surface area contributed by atoms with Gasteiger partial charge in [0.15, 0.2) is 0 Å². The summed E-state index contributed by atoms with van der Waals surface area (Å²) in [6.45, 7) is 18.5. The van der Waals surface area contributed by atoms with E-state index in [1.165, 1.54) is 112 Å². The molecular weight excluding hydrogens is 560 g/mol. The van der Waals surface area contributed by atoms with Gasteiger partial charge in [-0.3, -0.25) is 9.80 Å². The number of piperazine rings is 6. The van der Waals surface area contributed by atoms with Gasteiger partial charge in [-0.05, 0) is 0 Å². The van der Waals surface area contributed by atoms with Crippen molar-refractivity contribution in [2.24, 2.45) is 0 Å². The van der Waals surface area contributed by atoms with E-state index < -0.39 is 20.8 Å². The first-order valence-electron chi connectivity index (χ1n) is 13.5. The molecule has 12 nitrogen and oxygen atoms in total. The zero-order chi connectivity index (χ0) is 28.7. The second kappa shape index (κ2) is 13.3. The molecule has 2 aromatic carbocycles. The maximum Gasteiger partial charge on any atom is 0.405 e. The van der Waals surface area contributed by atoms with Crippen LogP contribution in [0.2, 0.25) is 0 Å². The van der Waals surface area contributed by atoms with Crippen LogP contribution in [-0.4, -0.2) is 119 Å². The molecule has 14 heteroatoms. The van der Waals surface area contributed by atoms with Crippen LogP contribution in [0.5, 0.6) is 0 Å². The maximum atomic E-state index is 9.68. The van der Waals surface area contributed by atoms with Gasteiger partial charge in [-0.1, -0.05) is 60.7 Å². The lowest BCUT2D eigenvalue weighted by Crippen LogP contribution is -2.66. The Hall–Kier alpha value is -1.98. The highest BCUT2D eigenvalue weighted by Gasteiger charge is 2.39. The maximum absolute atomic E-state index is 9.68. The van der Waals surface area contributed by atoms with E-state index in [9.17, 15) is 21.4 Å². The molecule has 0 aromatic heterocycles. The van der Waals surface area contributed by atoms with Crippen LogP contribution < -0.4 is 5.26 Å². The number of quaternary nitrogens is 2. The second-order valence-electron chi connectivity index (χ2n) is 10.9. The summed E-state index contributed by atoms with van der Waals surface area (Å²) in [5.41, 5.74) is 3.01. The SMILES string of the molecule is O=S(=O)([O-])OS(=O)(=O)O[O-].c1ccc(C[N+]23CCN(CC2)CC3)cc1.c1ccc(C[N+]23CCN(CC2)CC3)cc1. The third-order valence-corrected chi connectivity index (χ3v) is 9.82. The molecular formula is C26H38N4O8S2. The topological polar surface area (TPSA) is 139 Å². The lowest BCUT2D eigenvalue weighted by atomic mass is 10.1. The Morgan fingerprint density at radius 2 is 0.950 bits per heavy atom. The Morgan fingerprint density at radius 3 is 1.20 bits per heavy atom. The van der Waals surface area contributed by atoms with Crippen molar-refractivity contribution >= 4 is 20.8 Å². The van der Waals surface area contributed by atoms with Crippen molar-refractivity contribution in [3.05, 3.63) is 71.8 Å². The summed E-state index contributed by atoms with van der Waals surface area (Å²) in [5.74, 6) is 0. The summed E-state index contributed by atoms with van der Waals surface area (Å²) in [5, 5.41) is 9.01. The first-order chi connectivity index (χ1) is 19.0. The second-order valence-corrected chi connectivity index (χ2v) is 13.3. The summed E-state index contributed by atoms with van der Waals surface area (Å²) >= 11 is 0. The van der Waals surface area contributed by atoms with Crippen molar-refractivity contribution in [1.29, 1.82) is 0 Å². The minimum atomic E-state index is -5.46. The summed E-state index contributed by atoms with van der Waals surface area (Å²) in [4.78, 5) is 5.20. The normalized spacial score (nSPS) is 29.1. The first kappa shape index (κ1) is 31.0. The number of hydrogen-bond acceptors (Lipinski definition) is 10. The van der Waals surface area contributed by atoms with Crippen molar-refractivity contribution in [2.75, 3.05) is 78.5 Å². The van der Waals surface area contributed by atoms with Gasteiger partial charge in [0, 0.05) is 50.4 Å². The molecule has 0 aliphatic carbocycles. The van der Waals surface area contributed by atoms with Gasteiger partial charge in [-0.25, -0.2) is 8.42 Å². The van der Waals surface area contributed by atoms with Gasteiger partial charge < -0.3 is 23.1 Å². The summed E-state index contributed by atoms with van der Waals surface area (Å²) in [6, 6.07) is 21.9. The van der Waals surface area contributed by atoms with Gasteiger partial charge in [0.25, 0.3) is 0 Å². The Labute approximate surface area is 237 Å². The number of benzene rings is 2. The molecule has 6 aliphatic rings. The highest BCUT2D eigenvalue weighted by atomic mass is 32.3. The van der Waals surface area contributed by atoms with Crippen molar-refractivity contribution in [3.8, 4) is 0 Å². The van der Waals surface area contributed by atoms with E-state index in [2.05, 4.69) is 78.4 Å². The van der Waals surface area contributed by atoms with E-state index in [1.54, 1.807) is 0 Å². The third-order valence-electron chi connectivity index (χ3n) is 8.32. The smallest absolute Gasteiger partial charge is 0.405 e. The van der Waals surface area contributed by atoms with E-state index >= 15 is 0 Å². The van der Waals surface area contributed by atoms with E-state index in [1.807, 2.05) is 0 Å². The largest absolute Gasteiger partial charge is 0.725 e. The summed E-state index contributed by atoms with van der Waals surface area (Å²) < 4.78 is 55.2. The lowest BCUT2D eigenvalue weighted by Gasteiger charge is -2.50. The van der Waals surface area contributed by atoms with Gasteiger partial charge in [-0.2, -0.15) is 8.42 Å². The van der Waals surface area contributed by atoms with Crippen LogP contribution in [0.4, 0.5) is 0 Å². The molecule has 0 unspecified atom stereocenters. The van der Waals surface area contributed by atoms with Gasteiger partial charge in [0.05, 0.1) is 39.3 Å². The molecule has 6 heterocycles. The molecule has 0 amide bonds. The Kier molecular flexibility index (Phi) is 10.3. The average molecular weight is 599 g/mol. The van der Waals surface area contributed by atoms with E-state index in [0.717, 1.165) is 0 Å². The van der Waals surface area contributed by atoms with Crippen LogP contribution in [0.1, 0.15) is 11.1 Å². The molecule has 0 spiro atoms. The summed E-state index contributed by atoms with van der Waals surface area (Å²) in [6.07, 6.45) is 0. The molecule has 6 fully saturated rings. The zero-order valence-corrected chi connectivity index (χ0v) is 24.2. The minimum Gasteiger partial charge on any atom is -0.725 e. The Morgan fingerprint density at radius 1 is 0.625 bits per heavy atom. The average Bonchev–Trinajstić information content (AvgIpc) is 2.95. The van der Waals surface area contributed by atoms with Crippen molar-refractivity contribution in [2.45, 2.75) is 13.1 Å². The van der Waals surface area contributed by atoms with Crippen LogP contribution in [0.15, 0.2) is 60.7 Å². The molecule has 6 saturated heterocycles. The van der Waals surface area contributed by atoms with Gasteiger partial charge >= 0.3 is 10.4 Å². The number of fused-ring (bicyclic) bond motifs is 6. The number of rotatable bonds is 7. The molecule has 222 valence electrons. The van der Waals surface area contributed by atoms with Gasteiger partial charge in [-0.15, -0.1) is 3.63 Å². The Balaban J connectivity index is 0.000000143. The predicted octanol–water partition coefficient (Wildman–Crippen LogP) is -0.335. The van der Waals surface area contributed by atoms with Crippen molar-refractivity contribution < 1.29 is 43.6 Å². The standard InChI is InChI=1S/2C13H19N2.H2O8S2/c2*1-2-4-13(5-3-1)12-15-9-6-14(7-10-15)8-11-15;1-7-10(5,6)8-9(2,3)4/h2*1-5H,6-12H2;1H,(H,2,3,4)/q2*+1;/p-2. The highest BCUT2D eigenvalue weighted by molar-refractivity contribution is 7.94. The lowest BCUT2D eigenvalue weighted by molar-refractivity contribution is -0.953. The monoisotopic (exact) mass is 598 g/mol. The fourth-order valence-corrected chi connectivity index (χ4v) is 6.90. The molecule has 6 aliphatic heterocycles. The molecule has 4 bridgehead atoms. The highest BCUT2D eigenvalue weighted by Crippen LogP contribution is 2.24. The zero-order valence-electron chi connectivity index (χ0n) is 22.5. The van der Waals surface area contributed by atoms with Crippen LogP contribution in [0.3, 0.4) is 0 Å². The van der Waals surface area contributed by atoms with Crippen LogP contribution in [0, 0.1) is 0 Å². The molecule has 0 radical (unpaired) electrons. The molecule has 0 atom stereocenters. The van der Waals surface area contributed by atoms with Crippen molar-refractivity contribution in [1.82, 2.24) is 9.80 Å². The predicted molar refractivity (Wildman–Crippen MR) is 144 cm³/mol. The fraction of sp³-hybridized carbons (Fsp3) is 0.538. The van der Waals surface area contributed by atoms with Gasteiger partial charge in [0.2, 0.25) is 10.4 Å². The van der Waals surface area contributed by atoms with Crippen LogP contribution >= 0.6 is 0 Å². The quantitative estimate of drug-likeness (QED) is 0.137. The van der Waals surface area contributed by atoms with Crippen molar-refractivity contribution in [3.63, 3.8) is 0 Å². The first-order valence-corrected chi connectivity index (χ1v) is 16.1. The molecule has 40 heavy (non-hydrogen) atoms. The van der Waals surface area contributed by atoms with Crippen LogP contribution in [0.25, 0.3) is 0 Å². The molecule has 8 rings (SSSR count). The molecule has 0 saturated carbocycles. The minimum absolute atomic E-state index is 1.24. The summed E-state index contributed by atoms with van der Waals surface area (Å²) in [7, 11) is -10.7. The molecule has 0 N–H and O–H groups in total. The number of nitrogens with zero attached hydrogens (tertiary/aromatic N) is 4. The Bertz CT molecular complexity index is 1180. The van der Waals surface area contributed by atoms with Gasteiger partial charge in [0.1, 0.15) is 13.1 Å². The third kappa shape index (κ3) is 9.27. The number of hydrogen-bond donors (Lipinski definition) is 0. The molecule has 2 aromatic rings. The van der Waals surface area contributed by atoms with E-state index in [-0.39, 0.29) is 0 Å². The van der Waals surface area contributed by atoms with Crippen LogP contribution in [-0.2, 0) is 41.9 Å². The van der Waals surface area contributed by atoms with E-state index in [0.29, 0.717) is 0 Å². The fourth-order valence-electron chi connectivity index (χ4n) is 5.99. The van der Waals surface area contributed by atoms with E-state index in [4.69, 9.17) is 5.26 Å².